The van der Waals surface area contributed by atoms with Crippen molar-refractivity contribution in [3.05, 3.63) is 17.8 Å². The number of aliphatic hydroxyl groups is 1. The Morgan fingerprint density at radius 1 is 1.57 bits per heavy atom. The number of carbonyl (C=O) groups is 1. The second-order valence-electron chi connectivity index (χ2n) is 5.68. The molecule has 21 heavy (non-hydrogen) atoms. The number of oxazole rings is 1. The van der Waals surface area contributed by atoms with E-state index >= 15 is 0 Å². The van der Waals surface area contributed by atoms with Crippen molar-refractivity contribution in [1.82, 2.24) is 10.3 Å². The van der Waals surface area contributed by atoms with E-state index in [0.717, 1.165) is 12.8 Å². The molecule has 1 amide bonds. The number of hydrogen-bond acceptors (Lipinski definition) is 6. The summed E-state index contributed by atoms with van der Waals surface area (Å²) in [7, 11) is 1.54. The number of carbonyl (C=O) groups excluding carboxylic acids is 1. The van der Waals surface area contributed by atoms with E-state index in [-0.39, 0.29) is 35.8 Å². The van der Waals surface area contributed by atoms with Gasteiger partial charge >= 0.3 is 0 Å². The van der Waals surface area contributed by atoms with E-state index in [2.05, 4.69) is 10.3 Å². The molecule has 7 nitrogen and oxygen atoms in total. The Morgan fingerprint density at radius 2 is 2.33 bits per heavy atom. The van der Waals surface area contributed by atoms with Crippen molar-refractivity contribution in [3.63, 3.8) is 0 Å². The van der Waals surface area contributed by atoms with E-state index in [1.54, 1.807) is 0 Å². The predicted molar refractivity (Wildman–Crippen MR) is 71.6 cm³/mol. The van der Waals surface area contributed by atoms with Crippen molar-refractivity contribution < 1.29 is 23.8 Å². The Hall–Kier alpha value is -1.44. The summed E-state index contributed by atoms with van der Waals surface area (Å²) < 4.78 is 15.4. The van der Waals surface area contributed by atoms with Crippen LogP contribution in [0.1, 0.15) is 35.6 Å². The first-order chi connectivity index (χ1) is 10.2. The molecular formula is C14H20N2O5. The highest BCUT2D eigenvalue weighted by Crippen LogP contribution is 2.48. The van der Waals surface area contributed by atoms with Gasteiger partial charge in [0.05, 0.1) is 6.10 Å². The van der Waals surface area contributed by atoms with E-state index in [9.17, 15) is 9.90 Å². The zero-order valence-electron chi connectivity index (χ0n) is 12.0. The molecule has 0 radical (unpaired) electrons. The van der Waals surface area contributed by atoms with Crippen molar-refractivity contribution >= 4 is 5.91 Å². The average Bonchev–Trinajstić information content (AvgIpc) is 2.97. The molecule has 2 aliphatic rings. The second-order valence-corrected chi connectivity index (χ2v) is 5.68. The average molecular weight is 296 g/mol. The maximum absolute atomic E-state index is 12.2. The molecule has 2 atom stereocenters. The third kappa shape index (κ3) is 2.56. The van der Waals surface area contributed by atoms with Gasteiger partial charge in [-0.3, -0.25) is 4.79 Å². The Kier molecular flexibility index (Phi) is 3.97. The summed E-state index contributed by atoms with van der Waals surface area (Å²) in [6.45, 7) is 1.49. The lowest BCUT2D eigenvalue weighted by molar-refractivity contribution is -0.145. The van der Waals surface area contributed by atoms with Crippen LogP contribution >= 0.6 is 0 Å². The number of nitrogens with zero attached hydrogens (tertiary/aromatic N) is 1. The van der Waals surface area contributed by atoms with Gasteiger partial charge in [0, 0.05) is 31.8 Å². The van der Waals surface area contributed by atoms with E-state index in [0.29, 0.717) is 25.5 Å². The normalized spacial score (nSPS) is 27.3. The molecule has 1 aromatic heterocycles. The third-order valence-electron chi connectivity index (χ3n) is 4.60. The molecule has 1 saturated carbocycles. The summed E-state index contributed by atoms with van der Waals surface area (Å²) in [5.41, 5.74) is -0.00171. The highest BCUT2D eigenvalue weighted by molar-refractivity contribution is 5.92. The molecule has 1 aliphatic carbocycles. The molecule has 2 heterocycles. The lowest BCUT2D eigenvalue weighted by Gasteiger charge is -2.55. The maximum atomic E-state index is 12.2. The minimum Gasteiger partial charge on any atom is -0.446 e. The topological polar surface area (TPSA) is 93.8 Å². The smallest absolute Gasteiger partial charge is 0.273 e. The summed E-state index contributed by atoms with van der Waals surface area (Å²) in [6.07, 6.45) is 3.08. The van der Waals surface area contributed by atoms with Gasteiger partial charge in [-0.15, -0.1) is 0 Å². The Labute approximate surface area is 122 Å². The monoisotopic (exact) mass is 296 g/mol. The predicted octanol–water partition coefficient (Wildman–Crippen LogP) is 0.481. The first-order valence-corrected chi connectivity index (χ1v) is 7.16. The molecule has 7 heteroatoms. The van der Waals surface area contributed by atoms with Gasteiger partial charge in [-0.25, -0.2) is 4.98 Å². The number of hydrogen-bond donors (Lipinski definition) is 2. The number of aromatic nitrogens is 1. The van der Waals surface area contributed by atoms with E-state index in [1.165, 1.54) is 13.4 Å². The van der Waals surface area contributed by atoms with Crippen molar-refractivity contribution in [2.24, 2.45) is 5.41 Å². The Bertz CT molecular complexity index is 509. The number of nitrogens with one attached hydrogen (secondary N) is 1. The molecule has 0 aromatic carbocycles. The number of amides is 1. The standard InChI is InChI=1S/C14H20N2O5/c1-19-8-12-15-9(7-21-12)13(18)16-10-6-11(17)14(10)2-4-20-5-3-14/h7,10-11,17H,2-6,8H2,1H3,(H,16,18)/t10-,11-/m1/s1. The summed E-state index contributed by atoms with van der Waals surface area (Å²) in [4.78, 5) is 16.3. The van der Waals surface area contributed by atoms with Crippen LogP contribution in [0.15, 0.2) is 10.7 Å². The minimum atomic E-state index is -0.368. The van der Waals surface area contributed by atoms with Crippen LogP contribution in [0.25, 0.3) is 0 Å². The Balaban J connectivity index is 1.64. The first kappa shape index (κ1) is 14.5. The fraction of sp³-hybridized carbons (Fsp3) is 0.714. The SMILES string of the molecule is COCc1nc(C(=O)N[C@@H]2C[C@@H](O)C23CCOCC3)co1. The van der Waals surface area contributed by atoms with Gasteiger partial charge < -0.3 is 24.3 Å². The van der Waals surface area contributed by atoms with E-state index in [1.807, 2.05) is 0 Å². The van der Waals surface area contributed by atoms with Crippen LogP contribution < -0.4 is 5.32 Å². The molecule has 3 rings (SSSR count). The molecule has 1 aromatic rings. The lowest BCUT2D eigenvalue weighted by Crippen LogP contribution is -2.65. The summed E-state index contributed by atoms with van der Waals surface area (Å²) in [6, 6.07) is -0.0357. The van der Waals surface area contributed by atoms with Gasteiger partial charge in [-0.2, -0.15) is 0 Å². The quantitative estimate of drug-likeness (QED) is 0.839. The molecule has 2 fully saturated rings. The number of rotatable bonds is 4. The van der Waals surface area contributed by atoms with Crippen LogP contribution in [0.3, 0.4) is 0 Å². The van der Waals surface area contributed by atoms with Crippen LogP contribution in [0.2, 0.25) is 0 Å². The highest BCUT2D eigenvalue weighted by atomic mass is 16.5. The molecule has 1 spiro atoms. The van der Waals surface area contributed by atoms with Gasteiger partial charge in [0.25, 0.3) is 5.91 Å². The van der Waals surface area contributed by atoms with Crippen LogP contribution in [-0.2, 0) is 16.1 Å². The van der Waals surface area contributed by atoms with Gasteiger partial charge in [0.1, 0.15) is 12.9 Å². The van der Waals surface area contributed by atoms with Crippen molar-refractivity contribution in [2.45, 2.75) is 38.0 Å². The molecular weight excluding hydrogens is 276 g/mol. The maximum Gasteiger partial charge on any atom is 0.273 e. The van der Waals surface area contributed by atoms with Crippen LogP contribution in [0.5, 0.6) is 0 Å². The van der Waals surface area contributed by atoms with Crippen LogP contribution in [-0.4, -0.2) is 48.5 Å². The molecule has 116 valence electrons. The molecule has 0 bridgehead atoms. The number of aliphatic hydroxyl groups excluding tert-OH is 1. The zero-order valence-corrected chi connectivity index (χ0v) is 12.0. The van der Waals surface area contributed by atoms with Crippen LogP contribution in [0, 0.1) is 5.41 Å². The largest absolute Gasteiger partial charge is 0.446 e. The van der Waals surface area contributed by atoms with Gasteiger partial charge in [0.2, 0.25) is 5.89 Å². The summed E-state index contributed by atoms with van der Waals surface area (Å²) in [5, 5.41) is 13.1. The number of methoxy groups -OCH3 is 1. The van der Waals surface area contributed by atoms with E-state index in [4.69, 9.17) is 13.9 Å². The fourth-order valence-electron chi connectivity index (χ4n) is 3.24. The molecule has 1 aliphatic heterocycles. The second kappa shape index (κ2) is 5.75. The molecule has 0 unspecified atom stereocenters. The van der Waals surface area contributed by atoms with Crippen LogP contribution in [0.4, 0.5) is 0 Å². The minimum absolute atomic E-state index is 0.0357. The fourth-order valence-corrected chi connectivity index (χ4v) is 3.24. The lowest BCUT2D eigenvalue weighted by atomic mass is 9.58. The highest BCUT2D eigenvalue weighted by Gasteiger charge is 2.55. The van der Waals surface area contributed by atoms with E-state index < -0.39 is 0 Å². The van der Waals surface area contributed by atoms with Gasteiger partial charge in [-0.05, 0) is 19.3 Å². The zero-order chi connectivity index (χ0) is 14.9. The summed E-state index contributed by atoms with van der Waals surface area (Å²) >= 11 is 0. The third-order valence-corrected chi connectivity index (χ3v) is 4.60. The summed E-state index contributed by atoms with van der Waals surface area (Å²) in [5.74, 6) is 0.0981. The van der Waals surface area contributed by atoms with Crippen molar-refractivity contribution in [1.29, 1.82) is 0 Å². The molecule has 1 saturated heterocycles. The first-order valence-electron chi connectivity index (χ1n) is 7.16. The van der Waals surface area contributed by atoms with Gasteiger partial charge in [-0.1, -0.05) is 0 Å². The Morgan fingerprint density at radius 3 is 3.00 bits per heavy atom. The van der Waals surface area contributed by atoms with Crippen molar-refractivity contribution in [3.8, 4) is 0 Å². The van der Waals surface area contributed by atoms with Crippen molar-refractivity contribution in [2.75, 3.05) is 20.3 Å². The van der Waals surface area contributed by atoms with Gasteiger partial charge in [0.15, 0.2) is 5.69 Å². The molecule has 2 N–H and O–H groups in total. The number of ether oxygens (including phenoxy) is 2.